The van der Waals surface area contributed by atoms with Gasteiger partial charge in [0.15, 0.2) is 11.6 Å². The molecule has 0 saturated carbocycles. The normalized spacial score (nSPS) is 11.3. The van der Waals surface area contributed by atoms with Crippen molar-refractivity contribution >= 4 is 33.5 Å². The summed E-state index contributed by atoms with van der Waals surface area (Å²) in [6.45, 7) is 1.92. The molecule has 0 aliphatic heterocycles. The van der Waals surface area contributed by atoms with Crippen LogP contribution in [0.1, 0.15) is 19.8 Å². The second-order valence-electron chi connectivity index (χ2n) is 8.42. The van der Waals surface area contributed by atoms with E-state index in [-0.39, 0.29) is 17.0 Å². The number of carbonyl (C=O) groups excluding carboxylic acids is 1. The predicted molar refractivity (Wildman–Crippen MR) is 137 cm³/mol. The van der Waals surface area contributed by atoms with Gasteiger partial charge in [-0.1, -0.05) is 6.92 Å². The minimum absolute atomic E-state index is 0.0862. The zero-order chi connectivity index (χ0) is 25.4. The second kappa shape index (κ2) is 9.19. The molecule has 0 aliphatic rings. The van der Waals surface area contributed by atoms with Gasteiger partial charge in [0.05, 0.1) is 40.2 Å². The third-order valence-electron chi connectivity index (χ3n) is 5.88. The number of aromatic amines is 2. The van der Waals surface area contributed by atoms with Gasteiger partial charge in [-0.2, -0.15) is 5.10 Å². The van der Waals surface area contributed by atoms with Gasteiger partial charge in [-0.15, -0.1) is 0 Å². The van der Waals surface area contributed by atoms with E-state index in [1.165, 1.54) is 18.6 Å². The Bertz CT molecular complexity index is 1760. The maximum Gasteiger partial charge on any atom is 0.224 e. The van der Waals surface area contributed by atoms with Crippen LogP contribution in [0.5, 0.6) is 0 Å². The summed E-state index contributed by atoms with van der Waals surface area (Å²) in [5, 5.41) is 10.2. The van der Waals surface area contributed by atoms with Crippen LogP contribution >= 0.6 is 0 Å². The van der Waals surface area contributed by atoms with E-state index in [0.717, 1.165) is 17.5 Å². The number of nitrogens with zero attached hydrogens (tertiary/aromatic N) is 6. The minimum atomic E-state index is -0.578. The van der Waals surface area contributed by atoms with Gasteiger partial charge in [0.1, 0.15) is 16.9 Å². The Kier molecular flexibility index (Phi) is 5.56. The topological polar surface area (TPSA) is 138 Å². The molecule has 182 valence electrons. The van der Waals surface area contributed by atoms with Gasteiger partial charge < -0.3 is 10.3 Å². The van der Waals surface area contributed by atoms with E-state index < -0.39 is 5.82 Å². The molecule has 0 saturated heterocycles. The molecule has 3 N–H and O–H groups in total. The van der Waals surface area contributed by atoms with Gasteiger partial charge >= 0.3 is 0 Å². The third kappa shape index (κ3) is 4.05. The highest BCUT2D eigenvalue weighted by Crippen LogP contribution is 2.34. The number of pyridine rings is 4. The average Bonchev–Trinajstić information content (AvgIpc) is 3.54. The van der Waals surface area contributed by atoms with Crippen LogP contribution in [-0.4, -0.2) is 46.0 Å². The van der Waals surface area contributed by atoms with Crippen molar-refractivity contribution in [3.63, 3.8) is 0 Å². The lowest BCUT2D eigenvalue weighted by Gasteiger charge is -2.07. The van der Waals surface area contributed by atoms with Crippen molar-refractivity contribution in [3.8, 4) is 34.0 Å². The van der Waals surface area contributed by atoms with Crippen LogP contribution in [0, 0.1) is 5.82 Å². The molecule has 0 unspecified atom stereocenters. The first-order valence-corrected chi connectivity index (χ1v) is 11.7. The van der Waals surface area contributed by atoms with Gasteiger partial charge in [-0.3, -0.25) is 29.8 Å². The smallest absolute Gasteiger partial charge is 0.224 e. The van der Waals surface area contributed by atoms with Crippen LogP contribution < -0.4 is 5.32 Å². The van der Waals surface area contributed by atoms with E-state index in [2.05, 4.69) is 40.4 Å². The maximum absolute atomic E-state index is 15.9. The Morgan fingerprint density at radius 1 is 0.973 bits per heavy atom. The van der Waals surface area contributed by atoms with Crippen molar-refractivity contribution in [2.75, 3.05) is 5.32 Å². The standard InChI is InChI=1S/C26H20FN9O/c1-2-4-19(37)32-16-9-15(11-29-12-16)22-21(27)20-18(13-31-22)35-36-25(20)26-33-17-6-8-30-23(24(17)34-26)14-5-3-7-28-10-14/h3,5-13H,2,4H2,1H3,(H,32,37)(H,33,34)(H,35,36). The van der Waals surface area contributed by atoms with Crippen LogP contribution in [0.4, 0.5) is 10.1 Å². The Balaban J connectivity index is 1.44. The fourth-order valence-corrected chi connectivity index (χ4v) is 4.20. The minimum Gasteiger partial charge on any atom is -0.336 e. The highest BCUT2D eigenvalue weighted by Gasteiger charge is 2.21. The average molecular weight is 494 g/mol. The number of aromatic nitrogens is 8. The molecule has 0 aliphatic carbocycles. The molecular weight excluding hydrogens is 473 g/mol. The molecule has 0 atom stereocenters. The van der Waals surface area contributed by atoms with Crippen molar-refractivity contribution in [3.05, 3.63) is 67.3 Å². The van der Waals surface area contributed by atoms with Gasteiger partial charge in [0.25, 0.3) is 0 Å². The van der Waals surface area contributed by atoms with Crippen LogP contribution in [0.15, 0.2) is 61.4 Å². The maximum atomic E-state index is 15.9. The SMILES string of the molecule is CCCC(=O)Nc1cncc(-c2ncc3[nH]nc(-c4nc5c(-c6cccnc6)nccc5[nH]4)c3c2F)c1. The van der Waals surface area contributed by atoms with Gasteiger partial charge in [-0.05, 0) is 30.7 Å². The van der Waals surface area contributed by atoms with Crippen molar-refractivity contribution < 1.29 is 9.18 Å². The second-order valence-corrected chi connectivity index (χ2v) is 8.42. The Morgan fingerprint density at radius 3 is 2.70 bits per heavy atom. The summed E-state index contributed by atoms with van der Waals surface area (Å²) in [5.41, 5.74) is 4.53. The lowest BCUT2D eigenvalue weighted by molar-refractivity contribution is -0.116. The number of amides is 1. The zero-order valence-corrected chi connectivity index (χ0v) is 19.7. The molecule has 0 aromatic carbocycles. The van der Waals surface area contributed by atoms with E-state index in [1.54, 1.807) is 30.7 Å². The summed E-state index contributed by atoms with van der Waals surface area (Å²) in [6.07, 6.45) is 10.7. The fourth-order valence-electron chi connectivity index (χ4n) is 4.20. The summed E-state index contributed by atoms with van der Waals surface area (Å²) in [5.74, 6) is -0.326. The lowest BCUT2D eigenvalue weighted by atomic mass is 10.1. The number of anilines is 1. The summed E-state index contributed by atoms with van der Waals surface area (Å²) in [4.78, 5) is 37.0. The van der Waals surface area contributed by atoms with E-state index in [9.17, 15) is 4.79 Å². The number of nitrogens with one attached hydrogen (secondary N) is 3. The third-order valence-corrected chi connectivity index (χ3v) is 5.88. The van der Waals surface area contributed by atoms with Gasteiger partial charge in [0.2, 0.25) is 5.91 Å². The first-order valence-electron chi connectivity index (χ1n) is 11.7. The molecule has 1 amide bonds. The van der Waals surface area contributed by atoms with E-state index in [0.29, 0.717) is 45.9 Å². The Labute approximate surface area is 209 Å². The van der Waals surface area contributed by atoms with Crippen molar-refractivity contribution in [2.45, 2.75) is 19.8 Å². The van der Waals surface area contributed by atoms with Gasteiger partial charge in [0, 0.05) is 42.3 Å². The molecule has 0 fully saturated rings. The molecule has 0 radical (unpaired) electrons. The first-order chi connectivity index (χ1) is 18.1. The summed E-state index contributed by atoms with van der Waals surface area (Å²) >= 11 is 0. The van der Waals surface area contributed by atoms with Crippen LogP contribution in [0.25, 0.3) is 56.0 Å². The van der Waals surface area contributed by atoms with E-state index in [4.69, 9.17) is 4.98 Å². The Morgan fingerprint density at radius 2 is 1.86 bits per heavy atom. The van der Waals surface area contributed by atoms with Crippen LogP contribution in [-0.2, 0) is 4.79 Å². The summed E-state index contributed by atoms with van der Waals surface area (Å²) < 4.78 is 15.9. The molecule has 6 aromatic heterocycles. The summed E-state index contributed by atoms with van der Waals surface area (Å²) in [6, 6.07) is 7.17. The lowest BCUT2D eigenvalue weighted by Crippen LogP contribution is -2.10. The highest BCUT2D eigenvalue weighted by molar-refractivity contribution is 5.97. The predicted octanol–water partition coefficient (Wildman–Crippen LogP) is 4.90. The quantitative estimate of drug-likeness (QED) is 0.300. The molecule has 37 heavy (non-hydrogen) atoms. The number of imidazole rings is 1. The number of rotatable bonds is 6. The van der Waals surface area contributed by atoms with Crippen LogP contribution in [0.2, 0.25) is 0 Å². The monoisotopic (exact) mass is 493 g/mol. The first kappa shape index (κ1) is 22.4. The molecule has 6 heterocycles. The molecular formula is C26H20FN9O. The largest absolute Gasteiger partial charge is 0.336 e. The van der Waals surface area contributed by atoms with Gasteiger partial charge in [-0.25, -0.2) is 9.37 Å². The molecule has 0 spiro atoms. The molecule has 11 heteroatoms. The van der Waals surface area contributed by atoms with E-state index in [1.807, 2.05) is 19.1 Å². The molecule has 10 nitrogen and oxygen atoms in total. The number of fused-ring (bicyclic) bond motifs is 2. The number of carbonyl (C=O) groups is 1. The highest BCUT2D eigenvalue weighted by atomic mass is 19.1. The number of hydrogen-bond donors (Lipinski definition) is 3. The van der Waals surface area contributed by atoms with Crippen LogP contribution in [0.3, 0.4) is 0 Å². The van der Waals surface area contributed by atoms with E-state index >= 15 is 4.39 Å². The number of halogens is 1. The number of H-pyrrole nitrogens is 2. The van der Waals surface area contributed by atoms with Crippen molar-refractivity contribution in [1.82, 2.24) is 40.1 Å². The molecule has 0 bridgehead atoms. The molecule has 6 aromatic rings. The Hall–Kier alpha value is -5.06. The fraction of sp³-hybridized carbons (Fsp3) is 0.115. The zero-order valence-electron chi connectivity index (χ0n) is 19.7. The van der Waals surface area contributed by atoms with Crippen molar-refractivity contribution in [2.24, 2.45) is 0 Å². The van der Waals surface area contributed by atoms with Crippen molar-refractivity contribution in [1.29, 1.82) is 0 Å². The summed E-state index contributed by atoms with van der Waals surface area (Å²) in [7, 11) is 0. The molecule has 6 rings (SSSR count). The number of hydrogen-bond acceptors (Lipinski definition) is 7.